The lowest BCUT2D eigenvalue weighted by atomic mass is 9.87. The molecule has 0 spiro atoms. The molecule has 104 valence electrons. The summed E-state index contributed by atoms with van der Waals surface area (Å²) in [6, 6.07) is 8.68. The Hall–Kier alpha value is -1.35. The van der Waals surface area contributed by atoms with Gasteiger partial charge < -0.3 is 10.0 Å². The smallest absolute Gasteiger partial charge is 0.222 e. The van der Waals surface area contributed by atoms with Gasteiger partial charge in [-0.05, 0) is 43.2 Å². The summed E-state index contributed by atoms with van der Waals surface area (Å²) in [4.78, 5) is 14.1. The van der Waals surface area contributed by atoms with Gasteiger partial charge in [0, 0.05) is 20.1 Å². The molecule has 0 bridgehead atoms. The lowest BCUT2D eigenvalue weighted by Gasteiger charge is -2.33. The van der Waals surface area contributed by atoms with E-state index in [0.717, 1.165) is 25.7 Å². The minimum atomic E-state index is 0.170. The van der Waals surface area contributed by atoms with Crippen LogP contribution in [0.4, 0.5) is 0 Å². The molecule has 1 unspecified atom stereocenters. The number of benzene rings is 1. The second kappa shape index (κ2) is 6.71. The molecule has 3 heteroatoms. The molecule has 1 amide bonds. The zero-order valence-corrected chi connectivity index (χ0v) is 11.6. The van der Waals surface area contributed by atoms with Gasteiger partial charge in [-0.2, -0.15) is 0 Å². The molecular formula is C16H23NO2. The first-order chi connectivity index (χ1) is 9.24. The van der Waals surface area contributed by atoms with Gasteiger partial charge in [-0.25, -0.2) is 0 Å². The number of carbonyl (C=O) groups excluding carboxylic acids is 1. The second-order valence-corrected chi connectivity index (χ2v) is 5.29. The van der Waals surface area contributed by atoms with Crippen molar-refractivity contribution in [3.05, 3.63) is 35.4 Å². The van der Waals surface area contributed by atoms with E-state index < -0.39 is 0 Å². The molecule has 0 heterocycles. The van der Waals surface area contributed by atoms with Crippen molar-refractivity contribution in [1.82, 2.24) is 4.90 Å². The monoisotopic (exact) mass is 261 g/mol. The number of hydrogen-bond acceptors (Lipinski definition) is 2. The Morgan fingerprint density at radius 2 is 2.16 bits per heavy atom. The first kappa shape index (κ1) is 14.1. The number of aliphatic hydroxyl groups excluding tert-OH is 1. The summed E-state index contributed by atoms with van der Waals surface area (Å²) in [6.45, 7) is 0.170. The third-order valence-corrected chi connectivity index (χ3v) is 4.00. The van der Waals surface area contributed by atoms with E-state index in [4.69, 9.17) is 5.11 Å². The number of amides is 1. The van der Waals surface area contributed by atoms with Crippen molar-refractivity contribution in [3.8, 4) is 0 Å². The van der Waals surface area contributed by atoms with E-state index in [1.54, 1.807) is 0 Å². The molecule has 0 fully saturated rings. The molecule has 0 aromatic heterocycles. The van der Waals surface area contributed by atoms with Crippen LogP contribution < -0.4 is 0 Å². The van der Waals surface area contributed by atoms with Crippen molar-refractivity contribution in [2.75, 3.05) is 13.7 Å². The highest BCUT2D eigenvalue weighted by atomic mass is 16.3. The van der Waals surface area contributed by atoms with Gasteiger partial charge in [0.25, 0.3) is 0 Å². The molecule has 19 heavy (non-hydrogen) atoms. The Labute approximate surface area is 115 Å². The maximum Gasteiger partial charge on any atom is 0.222 e. The van der Waals surface area contributed by atoms with Gasteiger partial charge in [-0.3, -0.25) is 4.79 Å². The van der Waals surface area contributed by atoms with Gasteiger partial charge in [-0.1, -0.05) is 24.3 Å². The molecule has 1 aliphatic rings. The lowest BCUT2D eigenvalue weighted by Crippen LogP contribution is -2.33. The van der Waals surface area contributed by atoms with E-state index in [1.165, 1.54) is 11.1 Å². The number of aliphatic hydroxyl groups is 1. The molecule has 1 atom stereocenters. The predicted molar refractivity (Wildman–Crippen MR) is 75.8 cm³/mol. The quantitative estimate of drug-likeness (QED) is 0.828. The number of fused-ring (bicyclic) bond motifs is 1. The number of nitrogens with zero attached hydrogens (tertiary/aromatic N) is 1. The summed E-state index contributed by atoms with van der Waals surface area (Å²) in [6.07, 6.45) is 5.35. The van der Waals surface area contributed by atoms with Crippen LogP contribution in [-0.4, -0.2) is 29.6 Å². The van der Waals surface area contributed by atoms with Crippen molar-refractivity contribution < 1.29 is 9.90 Å². The zero-order valence-electron chi connectivity index (χ0n) is 11.6. The van der Waals surface area contributed by atoms with Gasteiger partial charge in [-0.15, -0.1) is 0 Å². The van der Waals surface area contributed by atoms with Gasteiger partial charge in [0.05, 0.1) is 6.04 Å². The normalized spacial score (nSPS) is 17.9. The highest BCUT2D eigenvalue weighted by Gasteiger charge is 2.25. The zero-order chi connectivity index (χ0) is 13.7. The summed E-state index contributed by atoms with van der Waals surface area (Å²) < 4.78 is 0. The van der Waals surface area contributed by atoms with Gasteiger partial charge in [0.15, 0.2) is 0 Å². The number of unbranched alkanes of at least 4 members (excludes halogenated alkanes) is 1. The Kier molecular flexibility index (Phi) is 4.97. The Morgan fingerprint density at radius 1 is 1.37 bits per heavy atom. The van der Waals surface area contributed by atoms with Crippen molar-refractivity contribution >= 4 is 5.91 Å². The van der Waals surface area contributed by atoms with Gasteiger partial charge in [0.2, 0.25) is 5.91 Å². The molecular weight excluding hydrogens is 238 g/mol. The van der Waals surface area contributed by atoms with E-state index in [0.29, 0.717) is 12.8 Å². The van der Waals surface area contributed by atoms with E-state index in [2.05, 4.69) is 24.3 Å². The number of rotatable bonds is 5. The van der Waals surface area contributed by atoms with E-state index in [9.17, 15) is 4.79 Å². The predicted octanol–water partition coefficient (Wildman–Crippen LogP) is 2.69. The molecule has 1 aromatic carbocycles. The highest BCUT2D eigenvalue weighted by molar-refractivity contribution is 5.76. The van der Waals surface area contributed by atoms with Crippen molar-refractivity contribution in [2.45, 2.75) is 44.6 Å². The summed E-state index contributed by atoms with van der Waals surface area (Å²) in [7, 11) is 1.91. The van der Waals surface area contributed by atoms with Crippen LogP contribution in [0.5, 0.6) is 0 Å². The lowest BCUT2D eigenvalue weighted by molar-refractivity contribution is -0.132. The molecule has 0 saturated carbocycles. The van der Waals surface area contributed by atoms with Crippen LogP contribution >= 0.6 is 0 Å². The van der Waals surface area contributed by atoms with Crippen LogP contribution in [0.3, 0.4) is 0 Å². The van der Waals surface area contributed by atoms with Crippen molar-refractivity contribution in [3.63, 3.8) is 0 Å². The largest absolute Gasteiger partial charge is 0.396 e. The van der Waals surface area contributed by atoms with Gasteiger partial charge in [0.1, 0.15) is 0 Å². The summed E-state index contributed by atoms with van der Waals surface area (Å²) >= 11 is 0. The number of hydrogen-bond donors (Lipinski definition) is 1. The molecule has 1 aromatic rings. The topological polar surface area (TPSA) is 40.5 Å². The molecule has 0 saturated heterocycles. The van der Waals surface area contributed by atoms with Gasteiger partial charge >= 0.3 is 0 Å². The Balaban J connectivity index is 2.04. The van der Waals surface area contributed by atoms with Crippen molar-refractivity contribution in [2.24, 2.45) is 0 Å². The summed E-state index contributed by atoms with van der Waals surface area (Å²) in [5.41, 5.74) is 2.69. The Bertz CT molecular complexity index is 431. The van der Waals surface area contributed by atoms with E-state index in [1.807, 2.05) is 11.9 Å². The molecule has 1 N–H and O–H groups in total. The molecule has 3 nitrogen and oxygen atoms in total. The number of aryl methyl sites for hydroxylation is 1. The minimum absolute atomic E-state index is 0.170. The molecule has 0 aliphatic heterocycles. The Morgan fingerprint density at radius 3 is 2.95 bits per heavy atom. The fourth-order valence-corrected chi connectivity index (χ4v) is 2.87. The maximum atomic E-state index is 12.2. The van der Waals surface area contributed by atoms with Crippen LogP contribution in [-0.2, 0) is 11.2 Å². The second-order valence-electron chi connectivity index (χ2n) is 5.29. The minimum Gasteiger partial charge on any atom is -0.396 e. The molecule has 1 aliphatic carbocycles. The van der Waals surface area contributed by atoms with Crippen LogP contribution in [0.2, 0.25) is 0 Å². The first-order valence-electron chi connectivity index (χ1n) is 7.18. The summed E-state index contributed by atoms with van der Waals surface area (Å²) in [5.74, 6) is 0.190. The SMILES string of the molecule is CN(C(=O)CCCCO)C1CCCc2ccccc21. The number of carbonyl (C=O) groups is 1. The third kappa shape index (κ3) is 3.35. The fourth-order valence-electron chi connectivity index (χ4n) is 2.87. The van der Waals surface area contributed by atoms with Crippen LogP contribution in [0.1, 0.15) is 49.3 Å². The standard InChI is InChI=1S/C16H23NO2/c1-17(16(19)11-4-5-12-18)15-10-6-8-13-7-2-3-9-14(13)15/h2-3,7,9,15,18H,4-6,8,10-12H2,1H3. The van der Waals surface area contributed by atoms with Crippen molar-refractivity contribution in [1.29, 1.82) is 0 Å². The average Bonchev–Trinajstić information content (AvgIpc) is 2.46. The molecule has 2 rings (SSSR count). The third-order valence-electron chi connectivity index (χ3n) is 4.00. The maximum absolute atomic E-state index is 12.2. The van der Waals surface area contributed by atoms with Crippen LogP contribution in [0.15, 0.2) is 24.3 Å². The first-order valence-corrected chi connectivity index (χ1v) is 7.18. The summed E-state index contributed by atoms with van der Waals surface area (Å²) in [5, 5.41) is 8.77. The molecule has 0 radical (unpaired) electrons. The fraction of sp³-hybridized carbons (Fsp3) is 0.562. The van der Waals surface area contributed by atoms with E-state index >= 15 is 0 Å². The van der Waals surface area contributed by atoms with Crippen LogP contribution in [0, 0.1) is 0 Å². The average molecular weight is 261 g/mol. The van der Waals surface area contributed by atoms with Crippen LogP contribution in [0.25, 0.3) is 0 Å². The van der Waals surface area contributed by atoms with E-state index in [-0.39, 0.29) is 18.6 Å². The highest BCUT2D eigenvalue weighted by Crippen LogP contribution is 2.33.